The highest BCUT2D eigenvalue weighted by Gasteiger charge is 2.23. The van der Waals surface area contributed by atoms with Crippen molar-refractivity contribution in [1.29, 1.82) is 0 Å². The van der Waals surface area contributed by atoms with E-state index in [-0.39, 0.29) is 11.4 Å². The molecule has 0 aliphatic heterocycles. The number of amides is 1. The zero-order valence-corrected chi connectivity index (χ0v) is 14.0. The Morgan fingerprint density at radius 1 is 1.44 bits per heavy atom. The number of rotatable bonds is 6. The standard InChI is InChI=1S/C14H19Br2NO/c1-3-14(2,7-8-15)17-13(18)10-11-5-4-6-12(16)9-11/h4-6,9H,3,7-8,10H2,1-2H3,(H,17,18). The van der Waals surface area contributed by atoms with Gasteiger partial charge in [0, 0.05) is 15.3 Å². The summed E-state index contributed by atoms with van der Waals surface area (Å²) in [5, 5.41) is 4.03. The fraction of sp³-hybridized carbons (Fsp3) is 0.500. The van der Waals surface area contributed by atoms with Crippen LogP contribution in [-0.4, -0.2) is 16.8 Å². The van der Waals surface area contributed by atoms with E-state index in [1.54, 1.807) is 0 Å². The zero-order valence-electron chi connectivity index (χ0n) is 10.8. The molecule has 0 bridgehead atoms. The van der Waals surface area contributed by atoms with Crippen molar-refractivity contribution >= 4 is 37.8 Å². The average molecular weight is 377 g/mol. The van der Waals surface area contributed by atoms with Gasteiger partial charge in [-0.25, -0.2) is 0 Å². The fourth-order valence-corrected chi connectivity index (χ4v) is 3.07. The molecule has 1 unspecified atom stereocenters. The zero-order chi connectivity index (χ0) is 13.6. The third kappa shape index (κ3) is 5.11. The first-order valence-corrected chi connectivity index (χ1v) is 8.02. The van der Waals surface area contributed by atoms with Gasteiger partial charge in [0.05, 0.1) is 6.42 Å². The Bertz CT molecular complexity index is 409. The van der Waals surface area contributed by atoms with E-state index in [2.05, 4.69) is 51.0 Å². The Kier molecular flexibility index (Phi) is 6.36. The SMILES string of the molecule is CCC(C)(CCBr)NC(=O)Cc1cccc(Br)c1. The first-order chi connectivity index (χ1) is 8.49. The summed E-state index contributed by atoms with van der Waals surface area (Å²) in [4.78, 5) is 12.0. The maximum Gasteiger partial charge on any atom is 0.224 e. The first kappa shape index (κ1) is 15.7. The second-order valence-corrected chi connectivity index (χ2v) is 6.42. The van der Waals surface area contributed by atoms with E-state index in [4.69, 9.17) is 0 Å². The summed E-state index contributed by atoms with van der Waals surface area (Å²) in [5.74, 6) is 0.0819. The summed E-state index contributed by atoms with van der Waals surface area (Å²) >= 11 is 6.85. The van der Waals surface area contributed by atoms with Gasteiger partial charge in [-0.15, -0.1) is 0 Å². The van der Waals surface area contributed by atoms with E-state index in [0.29, 0.717) is 6.42 Å². The van der Waals surface area contributed by atoms with E-state index in [0.717, 1.165) is 28.2 Å². The maximum atomic E-state index is 12.0. The summed E-state index contributed by atoms with van der Waals surface area (Å²) in [5.41, 5.74) is 0.909. The predicted octanol–water partition coefficient (Wildman–Crippen LogP) is 4.06. The van der Waals surface area contributed by atoms with Crippen LogP contribution >= 0.6 is 31.9 Å². The van der Waals surface area contributed by atoms with Crippen LogP contribution in [0.5, 0.6) is 0 Å². The number of carbonyl (C=O) groups excluding carboxylic acids is 1. The van der Waals surface area contributed by atoms with Gasteiger partial charge in [-0.3, -0.25) is 4.79 Å². The molecule has 4 heteroatoms. The first-order valence-electron chi connectivity index (χ1n) is 6.10. The van der Waals surface area contributed by atoms with Gasteiger partial charge in [0.1, 0.15) is 0 Å². The van der Waals surface area contributed by atoms with E-state index < -0.39 is 0 Å². The molecule has 0 aliphatic carbocycles. The molecule has 1 atom stereocenters. The average Bonchev–Trinajstić information content (AvgIpc) is 2.29. The summed E-state index contributed by atoms with van der Waals surface area (Å²) in [6.07, 6.45) is 2.30. The smallest absolute Gasteiger partial charge is 0.224 e. The minimum atomic E-state index is -0.118. The molecule has 18 heavy (non-hydrogen) atoms. The van der Waals surface area contributed by atoms with Gasteiger partial charge in [-0.2, -0.15) is 0 Å². The molecule has 0 radical (unpaired) electrons. The van der Waals surface area contributed by atoms with Crippen molar-refractivity contribution < 1.29 is 4.79 Å². The Hall–Kier alpha value is -0.350. The van der Waals surface area contributed by atoms with Crippen molar-refractivity contribution in [3.8, 4) is 0 Å². The van der Waals surface area contributed by atoms with E-state index >= 15 is 0 Å². The topological polar surface area (TPSA) is 29.1 Å². The third-order valence-corrected chi connectivity index (χ3v) is 4.01. The van der Waals surface area contributed by atoms with Crippen molar-refractivity contribution in [3.05, 3.63) is 34.3 Å². The molecular weight excluding hydrogens is 358 g/mol. The number of halogens is 2. The molecule has 100 valence electrons. The number of nitrogens with one attached hydrogen (secondary N) is 1. The number of benzene rings is 1. The van der Waals surface area contributed by atoms with E-state index in [1.165, 1.54) is 0 Å². The second kappa shape index (κ2) is 7.29. The largest absolute Gasteiger partial charge is 0.351 e. The Morgan fingerprint density at radius 3 is 2.72 bits per heavy atom. The van der Waals surface area contributed by atoms with E-state index in [1.807, 2.05) is 24.3 Å². The van der Waals surface area contributed by atoms with Crippen LogP contribution in [0.1, 0.15) is 32.3 Å². The Morgan fingerprint density at radius 2 is 2.17 bits per heavy atom. The molecule has 1 rings (SSSR count). The van der Waals surface area contributed by atoms with Crippen LogP contribution in [0.2, 0.25) is 0 Å². The number of alkyl halides is 1. The van der Waals surface area contributed by atoms with Gasteiger partial charge in [0.2, 0.25) is 5.91 Å². The molecule has 0 saturated heterocycles. The number of hydrogen-bond acceptors (Lipinski definition) is 1. The van der Waals surface area contributed by atoms with Crippen LogP contribution in [0.4, 0.5) is 0 Å². The quantitative estimate of drug-likeness (QED) is 0.745. The van der Waals surface area contributed by atoms with Gasteiger partial charge in [-0.1, -0.05) is 50.9 Å². The van der Waals surface area contributed by atoms with Crippen molar-refractivity contribution in [1.82, 2.24) is 5.32 Å². The minimum Gasteiger partial charge on any atom is -0.351 e. The minimum absolute atomic E-state index is 0.0819. The Balaban J connectivity index is 2.61. The van der Waals surface area contributed by atoms with Crippen molar-refractivity contribution in [2.75, 3.05) is 5.33 Å². The summed E-state index contributed by atoms with van der Waals surface area (Å²) in [6, 6.07) is 7.86. The maximum absolute atomic E-state index is 12.0. The fourth-order valence-electron chi connectivity index (χ4n) is 1.75. The van der Waals surface area contributed by atoms with Crippen LogP contribution < -0.4 is 5.32 Å². The van der Waals surface area contributed by atoms with Gasteiger partial charge >= 0.3 is 0 Å². The summed E-state index contributed by atoms with van der Waals surface area (Å²) in [6.45, 7) is 4.19. The highest BCUT2D eigenvalue weighted by molar-refractivity contribution is 9.10. The molecular formula is C14H19Br2NO. The lowest BCUT2D eigenvalue weighted by molar-refractivity contribution is -0.122. The highest BCUT2D eigenvalue weighted by Crippen LogP contribution is 2.17. The van der Waals surface area contributed by atoms with Gasteiger partial charge in [0.15, 0.2) is 0 Å². The lowest BCUT2D eigenvalue weighted by Crippen LogP contribution is -2.46. The van der Waals surface area contributed by atoms with Crippen LogP contribution in [-0.2, 0) is 11.2 Å². The molecule has 1 N–H and O–H groups in total. The van der Waals surface area contributed by atoms with Crippen LogP contribution in [0, 0.1) is 0 Å². The number of carbonyl (C=O) groups is 1. The normalized spacial score (nSPS) is 14.0. The summed E-state index contributed by atoms with van der Waals surface area (Å²) in [7, 11) is 0. The molecule has 0 saturated carbocycles. The lowest BCUT2D eigenvalue weighted by Gasteiger charge is -2.29. The molecule has 1 aromatic carbocycles. The summed E-state index contributed by atoms with van der Waals surface area (Å²) < 4.78 is 1.01. The van der Waals surface area contributed by atoms with Crippen LogP contribution in [0.3, 0.4) is 0 Å². The van der Waals surface area contributed by atoms with Crippen molar-refractivity contribution in [3.63, 3.8) is 0 Å². The predicted molar refractivity (Wildman–Crippen MR) is 83.1 cm³/mol. The molecule has 0 aliphatic rings. The highest BCUT2D eigenvalue weighted by atomic mass is 79.9. The van der Waals surface area contributed by atoms with Crippen molar-refractivity contribution in [2.24, 2.45) is 0 Å². The van der Waals surface area contributed by atoms with Crippen molar-refractivity contribution in [2.45, 2.75) is 38.6 Å². The monoisotopic (exact) mass is 375 g/mol. The molecule has 2 nitrogen and oxygen atoms in total. The van der Waals surface area contributed by atoms with Crippen LogP contribution in [0.15, 0.2) is 28.7 Å². The van der Waals surface area contributed by atoms with Crippen LogP contribution in [0.25, 0.3) is 0 Å². The number of hydrogen-bond donors (Lipinski definition) is 1. The van der Waals surface area contributed by atoms with Gasteiger partial charge < -0.3 is 5.32 Å². The van der Waals surface area contributed by atoms with Gasteiger partial charge in [0.25, 0.3) is 0 Å². The Labute approximate surface area is 126 Å². The second-order valence-electron chi connectivity index (χ2n) is 4.71. The molecule has 0 aromatic heterocycles. The lowest BCUT2D eigenvalue weighted by atomic mass is 9.95. The third-order valence-electron chi connectivity index (χ3n) is 3.12. The van der Waals surface area contributed by atoms with Gasteiger partial charge in [-0.05, 0) is 37.5 Å². The molecule has 0 spiro atoms. The van der Waals surface area contributed by atoms with E-state index in [9.17, 15) is 4.79 Å². The molecule has 1 amide bonds. The molecule has 0 heterocycles. The molecule has 0 fully saturated rings. The molecule has 1 aromatic rings.